The molecule has 0 aliphatic rings. The Labute approximate surface area is 35.0 Å². The van der Waals surface area contributed by atoms with Crippen LogP contribution in [0, 0.1) is 0 Å². The van der Waals surface area contributed by atoms with Crippen molar-refractivity contribution >= 4 is 7.85 Å². The van der Waals surface area contributed by atoms with Gasteiger partial charge in [-0.25, -0.2) is 0 Å². The molecule has 0 radical (unpaired) electrons. The minimum atomic E-state index is 0.884. The van der Waals surface area contributed by atoms with Crippen molar-refractivity contribution in [2.45, 2.75) is 26.1 Å². The molecule has 1 atom stereocenters. The topological polar surface area (TPSA) is 0 Å². The van der Waals surface area contributed by atoms with Gasteiger partial charge in [0.15, 0.2) is 0 Å². The van der Waals surface area contributed by atoms with Gasteiger partial charge >= 0.3 is 0 Å². The number of hydrogen-bond donors (Lipinski definition) is 0. The molecule has 0 aliphatic carbocycles. The molecule has 0 N–H and O–H groups in total. The van der Waals surface area contributed by atoms with Crippen LogP contribution in [0.15, 0.2) is 0 Å². The van der Waals surface area contributed by atoms with Crippen molar-refractivity contribution in [2.75, 3.05) is 0 Å². The van der Waals surface area contributed by atoms with E-state index in [-0.39, 0.29) is 0 Å². The fourth-order valence-electron chi connectivity index (χ4n) is 0. The lowest BCUT2D eigenvalue weighted by atomic mass is 9.88. The Morgan fingerprint density at radius 2 is 2.00 bits per heavy atom. The van der Waals surface area contributed by atoms with E-state index in [0.29, 0.717) is 0 Å². The summed E-state index contributed by atoms with van der Waals surface area (Å²) in [5.74, 6) is 0.884. The molecule has 1 heteroatoms. The molecule has 0 saturated carbocycles. The quantitative estimate of drug-likeness (QED) is 0.401. The molecular formula is C4H11B. The largest absolute Gasteiger partial charge is 0.105 e. The second kappa shape index (κ2) is 2.31. The Morgan fingerprint density at radius 3 is 2.00 bits per heavy atom. The zero-order valence-corrected chi connectivity index (χ0v) is 4.28. The van der Waals surface area contributed by atoms with Crippen LogP contribution in [-0.4, -0.2) is 7.85 Å². The van der Waals surface area contributed by atoms with Crippen molar-refractivity contribution < 1.29 is 0 Å². The lowest BCUT2D eigenvalue weighted by Crippen LogP contribution is -1.76. The molecule has 0 amide bonds. The van der Waals surface area contributed by atoms with Gasteiger partial charge in [0, 0.05) is 0 Å². The summed E-state index contributed by atoms with van der Waals surface area (Å²) in [7, 11) is 2.22. The average molecular weight is 69.9 g/mol. The summed E-state index contributed by atoms with van der Waals surface area (Å²) in [6.45, 7) is 4.42. The summed E-state index contributed by atoms with van der Waals surface area (Å²) in [4.78, 5) is 0. The Morgan fingerprint density at radius 1 is 1.80 bits per heavy atom. The molecular weight excluding hydrogens is 58.9 g/mol. The van der Waals surface area contributed by atoms with Crippen LogP contribution < -0.4 is 0 Å². The SMILES string of the molecule is B[C@@H](C)CC. The lowest BCUT2D eigenvalue weighted by molar-refractivity contribution is 0.880. The highest BCUT2D eigenvalue weighted by atomic mass is 13.8. The first kappa shape index (κ1) is 5.06. The summed E-state index contributed by atoms with van der Waals surface area (Å²) in [5.41, 5.74) is 0. The lowest BCUT2D eigenvalue weighted by Gasteiger charge is -1.90. The molecule has 0 heterocycles. The van der Waals surface area contributed by atoms with E-state index in [1.807, 2.05) is 0 Å². The van der Waals surface area contributed by atoms with Gasteiger partial charge in [0.2, 0.25) is 0 Å². The van der Waals surface area contributed by atoms with Gasteiger partial charge in [-0.05, 0) is 0 Å². The molecule has 0 nitrogen and oxygen atoms in total. The van der Waals surface area contributed by atoms with Gasteiger partial charge < -0.3 is 0 Å². The second-order valence-corrected chi connectivity index (χ2v) is 1.80. The molecule has 0 spiro atoms. The fraction of sp³-hybridized carbons (Fsp3) is 1.00. The van der Waals surface area contributed by atoms with Gasteiger partial charge in [-0.1, -0.05) is 26.1 Å². The van der Waals surface area contributed by atoms with Crippen molar-refractivity contribution in [1.29, 1.82) is 0 Å². The van der Waals surface area contributed by atoms with Crippen LogP contribution in [0.1, 0.15) is 20.3 Å². The first-order valence-corrected chi connectivity index (χ1v) is 2.27. The normalized spacial score (nSPS) is 14.8. The van der Waals surface area contributed by atoms with E-state index in [0.717, 1.165) is 5.82 Å². The molecule has 0 aromatic rings. The van der Waals surface area contributed by atoms with Crippen molar-refractivity contribution in [2.24, 2.45) is 0 Å². The molecule has 0 rings (SSSR count). The summed E-state index contributed by atoms with van der Waals surface area (Å²) >= 11 is 0. The molecule has 0 aromatic carbocycles. The van der Waals surface area contributed by atoms with Crippen LogP contribution in [-0.2, 0) is 0 Å². The van der Waals surface area contributed by atoms with Crippen LogP contribution in [0.25, 0.3) is 0 Å². The van der Waals surface area contributed by atoms with Gasteiger partial charge in [0.25, 0.3) is 0 Å². The van der Waals surface area contributed by atoms with Crippen molar-refractivity contribution in [3.05, 3.63) is 0 Å². The third kappa shape index (κ3) is 4.06. The van der Waals surface area contributed by atoms with Crippen LogP contribution in [0.5, 0.6) is 0 Å². The zero-order valence-electron chi connectivity index (χ0n) is 4.28. The summed E-state index contributed by atoms with van der Waals surface area (Å²) < 4.78 is 0. The maximum Gasteiger partial charge on any atom is 0.105 e. The highest BCUT2D eigenvalue weighted by Crippen LogP contribution is 1.97. The van der Waals surface area contributed by atoms with E-state index in [4.69, 9.17) is 0 Å². The smallest absolute Gasteiger partial charge is 0.0728 e. The van der Waals surface area contributed by atoms with E-state index in [9.17, 15) is 0 Å². The Balaban J connectivity index is 2.54. The summed E-state index contributed by atoms with van der Waals surface area (Å²) in [5, 5.41) is 0. The molecule has 0 unspecified atom stereocenters. The fourth-order valence-corrected chi connectivity index (χ4v) is 0. The maximum atomic E-state index is 2.22. The van der Waals surface area contributed by atoms with Crippen molar-refractivity contribution in [3.8, 4) is 0 Å². The molecule has 5 heavy (non-hydrogen) atoms. The van der Waals surface area contributed by atoms with E-state index in [2.05, 4.69) is 21.7 Å². The Hall–Kier alpha value is 0.0649. The van der Waals surface area contributed by atoms with E-state index in [1.165, 1.54) is 6.42 Å². The minimum Gasteiger partial charge on any atom is -0.0728 e. The minimum absolute atomic E-state index is 0.884. The van der Waals surface area contributed by atoms with Gasteiger partial charge in [0.05, 0.1) is 0 Å². The van der Waals surface area contributed by atoms with Crippen LogP contribution in [0.2, 0.25) is 5.82 Å². The van der Waals surface area contributed by atoms with Gasteiger partial charge in [-0.15, -0.1) is 0 Å². The molecule has 0 saturated heterocycles. The van der Waals surface area contributed by atoms with Crippen molar-refractivity contribution in [3.63, 3.8) is 0 Å². The highest BCUT2D eigenvalue weighted by Gasteiger charge is 1.80. The molecule has 0 aromatic heterocycles. The highest BCUT2D eigenvalue weighted by molar-refractivity contribution is 6.11. The molecule has 30 valence electrons. The zero-order chi connectivity index (χ0) is 4.28. The van der Waals surface area contributed by atoms with Gasteiger partial charge in [0.1, 0.15) is 7.85 Å². The van der Waals surface area contributed by atoms with E-state index in [1.54, 1.807) is 0 Å². The Kier molecular flexibility index (Phi) is 2.34. The molecule has 0 fully saturated rings. The van der Waals surface area contributed by atoms with Crippen LogP contribution >= 0.6 is 0 Å². The average Bonchev–Trinajstić information content (AvgIpc) is 1.38. The second-order valence-electron chi connectivity index (χ2n) is 1.80. The van der Waals surface area contributed by atoms with Gasteiger partial charge in [-0.3, -0.25) is 0 Å². The summed E-state index contributed by atoms with van der Waals surface area (Å²) in [6.07, 6.45) is 1.31. The standard InChI is InChI=1S/C4H11B/c1-3-4(2)5/h4H,3,5H2,1-2H3/t4-/m0/s1. The first-order chi connectivity index (χ1) is 2.27. The van der Waals surface area contributed by atoms with E-state index < -0.39 is 0 Å². The predicted octanol–water partition coefficient (Wildman–Crippen LogP) is 0.838. The third-order valence-electron chi connectivity index (χ3n) is 0.816. The van der Waals surface area contributed by atoms with Crippen molar-refractivity contribution in [1.82, 2.24) is 0 Å². The molecule has 0 bridgehead atoms. The van der Waals surface area contributed by atoms with Crippen LogP contribution in [0.4, 0.5) is 0 Å². The predicted molar refractivity (Wildman–Crippen MR) is 28.3 cm³/mol. The maximum absolute atomic E-state index is 2.22. The molecule has 0 aliphatic heterocycles. The van der Waals surface area contributed by atoms with Crippen LogP contribution in [0.3, 0.4) is 0 Å². The summed E-state index contributed by atoms with van der Waals surface area (Å²) in [6, 6.07) is 0. The number of rotatable bonds is 1. The Bertz CT molecular complexity index is 17.6. The third-order valence-corrected chi connectivity index (χ3v) is 0.816. The van der Waals surface area contributed by atoms with Gasteiger partial charge in [-0.2, -0.15) is 0 Å². The monoisotopic (exact) mass is 70.1 g/mol. The first-order valence-electron chi connectivity index (χ1n) is 2.27. The number of hydrogen-bond acceptors (Lipinski definition) is 0. The van der Waals surface area contributed by atoms with E-state index >= 15 is 0 Å².